The van der Waals surface area contributed by atoms with E-state index >= 15 is 0 Å². The van der Waals surface area contributed by atoms with Crippen molar-refractivity contribution in [2.45, 2.75) is 26.2 Å². The molecule has 6 heteroatoms. The first kappa shape index (κ1) is 17.6. The fourth-order valence-corrected chi connectivity index (χ4v) is 3.03. The van der Waals surface area contributed by atoms with Crippen LogP contribution in [0.2, 0.25) is 0 Å². The SMILES string of the molecule is CCCCc1c(C(=O)O)oc2ccc(N3CCNCC3)cc12.Cl. The van der Waals surface area contributed by atoms with Gasteiger partial charge in [-0.25, -0.2) is 4.79 Å². The van der Waals surface area contributed by atoms with Gasteiger partial charge in [0.25, 0.3) is 0 Å². The van der Waals surface area contributed by atoms with Crippen molar-refractivity contribution in [3.05, 3.63) is 29.5 Å². The lowest BCUT2D eigenvalue weighted by molar-refractivity contribution is 0.0663. The monoisotopic (exact) mass is 338 g/mol. The van der Waals surface area contributed by atoms with E-state index in [1.165, 1.54) is 0 Å². The minimum Gasteiger partial charge on any atom is -0.475 e. The van der Waals surface area contributed by atoms with E-state index in [-0.39, 0.29) is 18.2 Å². The fourth-order valence-electron chi connectivity index (χ4n) is 3.03. The third-order valence-corrected chi connectivity index (χ3v) is 4.23. The molecule has 1 saturated heterocycles. The standard InChI is InChI=1S/C17H22N2O3.ClH/c1-2-3-4-13-14-11-12(19-9-7-18-8-10-19)5-6-15(14)22-16(13)17(20)21;/h5-6,11,18H,2-4,7-10H2,1H3,(H,20,21);1H. The summed E-state index contributed by atoms with van der Waals surface area (Å²) in [7, 11) is 0. The quantitative estimate of drug-likeness (QED) is 0.875. The number of anilines is 1. The molecule has 0 amide bonds. The van der Waals surface area contributed by atoms with Crippen LogP contribution < -0.4 is 10.2 Å². The first-order valence-corrected chi connectivity index (χ1v) is 7.95. The molecule has 1 aliphatic heterocycles. The first-order chi connectivity index (χ1) is 10.7. The van der Waals surface area contributed by atoms with Gasteiger partial charge in [-0.05, 0) is 31.0 Å². The lowest BCUT2D eigenvalue weighted by Gasteiger charge is -2.29. The van der Waals surface area contributed by atoms with Crippen LogP contribution in [0, 0.1) is 0 Å². The van der Waals surface area contributed by atoms with Crippen molar-refractivity contribution >= 4 is 35.0 Å². The molecule has 5 nitrogen and oxygen atoms in total. The zero-order valence-corrected chi connectivity index (χ0v) is 14.1. The van der Waals surface area contributed by atoms with Crippen LogP contribution in [0.1, 0.15) is 35.9 Å². The molecule has 126 valence electrons. The average molecular weight is 339 g/mol. The maximum atomic E-state index is 11.4. The lowest BCUT2D eigenvalue weighted by atomic mass is 10.0. The Morgan fingerprint density at radius 3 is 2.74 bits per heavy atom. The number of hydrogen-bond acceptors (Lipinski definition) is 4. The molecule has 0 aliphatic carbocycles. The predicted octanol–water partition coefficient (Wildman–Crippen LogP) is 3.31. The lowest BCUT2D eigenvalue weighted by Crippen LogP contribution is -2.43. The topological polar surface area (TPSA) is 65.7 Å². The highest BCUT2D eigenvalue weighted by molar-refractivity contribution is 5.96. The van der Waals surface area contributed by atoms with E-state index in [1.807, 2.05) is 12.1 Å². The number of aromatic carboxylic acids is 1. The number of carboxylic acid groups (broad SMARTS) is 1. The predicted molar refractivity (Wildman–Crippen MR) is 94.1 cm³/mol. The van der Waals surface area contributed by atoms with E-state index < -0.39 is 5.97 Å². The van der Waals surface area contributed by atoms with Crippen molar-refractivity contribution in [2.75, 3.05) is 31.1 Å². The highest BCUT2D eigenvalue weighted by Gasteiger charge is 2.20. The molecule has 0 bridgehead atoms. The van der Waals surface area contributed by atoms with Gasteiger partial charge in [0, 0.05) is 42.8 Å². The van der Waals surface area contributed by atoms with Crippen molar-refractivity contribution in [3.63, 3.8) is 0 Å². The van der Waals surface area contributed by atoms with Gasteiger partial charge in [-0.2, -0.15) is 0 Å². The Morgan fingerprint density at radius 1 is 1.35 bits per heavy atom. The van der Waals surface area contributed by atoms with E-state index in [1.54, 1.807) is 0 Å². The number of nitrogens with zero attached hydrogens (tertiary/aromatic N) is 1. The van der Waals surface area contributed by atoms with Crippen LogP contribution in [-0.4, -0.2) is 37.3 Å². The Bertz CT molecular complexity index is 678. The molecule has 2 N–H and O–H groups in total. The van der Waals surface area contributed by atoms with E-state index in [2.05, 4.69) is 23.2 Å². The van der Waals surface area contributed by atoms with Crippen LogP contribution in [0.4, 0.5) is 5.69 Å². The molecule has 0 atom stereocenters. The molecule has 1 aliphatic rings. The minimum atomic E-state index is -0.981. The number of carbonyl (C=O) groups is 1. The number of fused-ring (bicyclic) bond motifs is 1. The first-order valence-electron chi connectivity index (χ1n) is 7.95. The summed E-state index contributed by atoms with van der Waals surface area (Å²) < 4.78 is 5.57. The van der Waals surface area contributed by atoms with E-state index in [0.29, 0.717) is 5.58 Å². The molecule has 0 unspecified atom stereocenters. The van der Waals surface area contributed by atoms with E-state index in [9.17, 15) is 9.90 Å². The van der Waals surface area contributed by atoms with Gasteiger partial charge in [0.2, 0.25) is 5.76 Å². The number of carboxylic acids is 1. The second-order valence-electron chi connectivity index (χ2n) is 5.74. The van der Waals surface area contributed by atoms with Crippen LogP contribution >= 0.6 is 12.4 Å². The van der Waals surface area contributed by atoms with Gasteiger partial charge in [-0.3, -0.25) is 0 Å². The molecule has 3 rings (SSSR count). The molecule has 1 fully saturated rings. The highest BCUT2D eigenvalue weighted by atomic mass is 35.5. The number of hydrogen-bond donors (Lipinski definition) is 2. The Hall–Kier alpha value is -1.72. The van der Waals surface area contributed by atoms with Gasteiger partial charge in [-0.15, -0.1) is 12.4 Å². The number of benzene rings is 1. The van der Waals surface area contributed by atoms with Crippen LogP contribution in [-0.2, 0) is 6.42 Å². The van der Waals surface area contributed by atoms with Crippen molar-refractivity contribution in [3.8, 4) is 0 Å². The second kappa shape index (κ2) is 7.70. The summed E-state index contributed by atoms with van der Waals surface area (Å²) in [4.78, 5) is 13.8. The maximum Gasteiger partial charge on any atom is 0.372 e. The molecule has 1 aromatic heterocycles. The molecule has 0 radical (unpaired) electrons. The zero-order valence-electron chi connectivity index (χ0n) is 13.3. The summed E-state index contributed by atoms with van der Waals surface area (Å²) >= 11 is 0. The summed E-state index contributed by atoms with van der Waals surface area (Å²) in [6.07, 6.45) is 2.74. The molecular formula is C17H23ClN2O3. The highest BCUT2D eigenvalue weighted by Crippen LogP contribution is 2.31. The van der Waals surface area contributed by atoms with Crippen LogP contribution in [0.3, 0.4) is 0 Å². The van der Waals surface area contributed by atoms with E-state index in [4.69, 9.17) is 4.42 Å². The Balaban J connectivity index is 0.00000192. The Morgan fingerprint density at radius 2 is 2.09 bits per heavy atom. The molecule has 0 spiro atoms. The minimum absolute atomic E-state index is 0. The van der Waals surface area contributed by atoms with Gasteiger partial charge in [0.15, 0.2) is 0 Å². The molecule has 2 aromatic rings. The molecule has 0 saturated carbocycles. The van der Waals surface area contributed by atoms with Gasteiger partial charge >= 0.3 is 5.97 Å². The normalized spacial score (nSPS) is 14.7. The number of piperazine rings is 1. The average Bonchev–Trinajstić information content (AvgIpc) is 2.91. The van der Waals surface area contributed by atoms with Crippen LogP contribution in [0.25, 0.3) is 11.0 Å². The number of furan rings is 1. The van der Waals surface area contributed by atoms with Gasteiger partial charge in [0.1, 0.15) is 5.58 Å². The summed E-state index contributed by atoms with van der Waals surface area (Å²) in [5.74, 6) is -0.882. The van der Waals surface area contributed by atoms with Crippen molar-refractivity contribution < 1.29 is 14.3 Å². The van der Waals surface area contributed by atoms with Gasteiger partial charge in [-0.1, -0.05) is 13.3 Å². The largest absolute Gasteiger partial charge is 0.475 e. The summed E-state index contributed by atoms with van der Waals surface area (Å²) in [6.45, 7) is 6.01. The smallest absolute Gasteiger partial charge is 0.372 e. The fraction of sp³-hybridized carbons (Fsp3) is 0.471. The number of unbranched alkanes of at least 4 members (excludes halogenated alkanes) is 1. The number of halogens is 1. The van der Waals surface area contributed by atoms with E-state index in [0.717, 1.165) is 62.1 Å². The molecule has 23 heavy (non-hydrogen) atoms. The van der Waals surface area contributed by atoms with Gasteiger partial charge < -0.3 is 19.7 Å². The van der Waals surface area contributed by atoms with Crippen molar-refractivity contribution in [1.29, 1.82) is 0 Å². The summed E-state index contributed by atoms with van der Waals surface area (Å²) in [5.41, 5.74) is 2.65. The Labute approximate surface area is 142 Å². The number of rotatable bonds is 5. The zero-order chi connectivity index (χ0) is 15.5. The summed E-state index contributed by atoms with van der Waals surface area (Å²) in [6, 6.07) is 6.00. The number of nitrogens with one attached hydrogen (secondary N) is 1. The third-order valence-electron chi connectivity index (χ3n) is 4.23. The van der Waals surface area contributed by atoms with Gasteiger partial charge in [0.05, 0.1) is 0 Å². The second-order valence-corrected chi connectivity index (χ2v) is 5.74. The van der Waals surface area contributed by atoms with Crippen molar-refractivity contribution in [1.82, 2.24) is 5.32 Å². The van der Waals surface area contributed by atoms with Crippen molar-refractivity contribution in [2.24, 2.45) is 0 Å². The van der Waals surface area contributed by atoms with Crippen LogP contribution in [0.15, 0.2) is 22.6 Å². The maximum absolute atomic E-state index is 11.4. The number of aryl methyl sites for hydroxylation is 1. The third kappa shape index (κ3) is 3.62. The molecule has 2 heterocycles. The van der Waals surface area contributed by atoms with Crippen LogP contribution in [0.5, 0.6) is 0 Å². The molecule has 1 aromatic carbocycles. The summed E-state index contributed by atoms with van der Waals surface area (Å²) in [5, 5.41) is 13.7. The molecular weight excluding hydrogens is 316 g/mol. The Kier molecular flexibility index (Phi) is 5.91.